The summed E-state index contributed by atoms with van der Waals surface area (Å²) in [6, 6.07) is 2.05. The predicted octanol–water partition coefficient (Wildman–Crippen LogP) is 2.32. The summed E-state index contributed by atoms with van der Waals surface area (Å²) < 4.78 is 38.1. The first kappa shape index (κ1) is 17.8. The summed E-state index contributed by atoms with van der Waals surface area (Å²) in [7, 11) is 0. The van der Waals surface area contributed by atoms with Crippen molar-refractivity contribution in [3.63, 3.8) is 0 Å². The largest absolute Gasteiger partial charge is 0.393 e. The number of piperidine rings is 1. The van der Waals surface area contributed by atoms with E-state index in [9.17, 15) is 18.0 Å². The Bertz CT molecular complexity index is 417. The summed E-state index contributed by atoms with van der Waals surface area (Å²) in [5.41, 5.74) is -1.00. The third-order valence-electron chi connectivity index (χ3n) is 4.12. The molecule has 21 heavy (non-hydrogen) atoms. The van der Waals surface area contributed by atoms with Crippen LogP contribution in [0.5, 0.6) is 0 Å². The standard InChI is InChI=1S/C14H22F3N3O/c1-10(2)13(3,9-18)19-12(21)8-20-6-4-5-11(7-20)14(15,16)17/h10-11H,4-8H2,1-3H3,(H,19,21)/t11-,13-/m0/s1. The topological polar surface area (TPSA) is 56.1 Å². The molecule has 0 spiro atoms. The molecule has 1 heterocycles. The molecular formula is C14H22F3N3O. The van der Waals surface area contributed by atoms with Crippen LogP contribution in [0.4, 0.5) is 13.2 Å². The molecule has 1 amide bonds. The van der Waals surface area contributed by atoms with E-state index in [1.807, 2.05) is 19.9 Å². The highest BCUT2D eigenvalue weighted by molar-refractivity contribution is 5.79. The smallest absolute Gasteiger partial charge is 0.337 e. The number of carbonyl (C=O) groups is 1. The van der Waals surface area contributed by atoms with Crippen molar-refractivity contribution in [2.75, 3.05) is 19.6 Å². The van der Waals surface area contributed by atoms with Crippen LogP contribution in [0.3, 0.4) is 0 Å². The van der Waals surface area contributed by atoms with Gasteiger partial charge in [-0.25, -0.2) is 0 Å². The number of hydrogen-bond acceptors (Lipinski definition) is 3. The number of rotatable bonds is 4. The van der Waals surface area contributed by atoms with E-state index in [4.69, 9.17) is 5.26 Å². The fourth-order valence-electron chi connectivity index (χ4n) is 2.30. The van der Waals surface area contributed by atoms with E-state index in [2.05, 4.69) is 5.32 Å². The van der Waals surface area contributed by atoms with Gasteiger partial charge in [0.25, 0.3) is 0 Å². The van der Waals surface area contributed by atoms with Crippen molar-refractivity contribution >= 4 is 5.91 Å². The molecule has 0 radical (unpaired) electrons. The summed E-state index contributed by atoms with van der Waals surface area (Å²) in [4.78, 5) is 13.5. The summed E-state index contributed by atoms with van der Waals surface area (Å²) in [6.07, 6.45) is -3.67. The monoisotopic (exact) mass is 305 g/mol. The zero-order chi connectivity index (χ0) is 16.3. The van der Waals surface area contributed by atoms with E-state index in [1.54, 1.807) is 6.92 Å². The van der Waals surface area contributed by atoms with Crippen LogP contribution in [-0.4, -0.2) is 42.2 Å². The molecule has 2 atom stereocenters. The second-order valence-corrected chi connectivity index (χ2v) is 6.13. The first-order valence-corrected chi connectivity index (χ1v) is 7.10. The van der Waals surface area contributed by atoms with Crippen LogP contribution >= 0.6 is 0 Å². The van der Waals surface area contributed by atoms with Gasteiger partial charge in [-0.05, 0) is 32.2 Å². The van der Waals surface area contributed by atoms with Crippen LogP contribution in [0.2, 0.25) is 0 Å². The van der Waals surface area contributed by atoms with E-state index in [1.165, 1.54) is 4.90 Å². The molecule has 0 aromatic heterocycles. The van der Waals surface area contributed by atoms with Gasteiger partial charge in [-0.3, -0.25) is 9.69 Å². The van der Waals surface area contributed by atoms with Gasteiger partial charge < -0.3 is 5.32 Å². The van der Waals surface area contributed by atoms with E-state index >= 15 is 0 Å². The van der Waals surface area contributed by atoms with Crippen molar-refractivity contribution in [1.82, 2.24) is 10.2 Å². The molecular weight excluding hydrogens is 283 g/mol. The third-order valence-corrected chi connectivity index (χ3v) is 4.12. The number of amides is 1. The molecule has 0 bridgehead atoms. The van der Waals surface area contributed by atoms with Gasteiger partial charge in [-0.1, -0.05) is 13.8 Å². The molecule has 0 unspecified atom stereocenters. The Morgan fingerprint density at radius 3 is 2.57 bits per heavy atom. The molecule has 7 heteroatoms. The Kier molecular flexibility index (Phi) is 5.62. The average Bonchev–Trinajstić information content (AvgIpc) is 2.37. The van der Waals surface area contributed by atoms with Crippen molar-refractivity contribution in [2.24, 2.45) is 11.8 Å². The molecule has 0 aromatic carbocycles. The normalized spacial score (nSPS) is 23.4. The average molecular weight is 305 g/mol. The number of nitriles is 1. The second-order valence-electron chi connectivity index (χ2n) is 6.13. The van der Waals surface area contributed by atoms with Crippen LogP contribution in [0.1, 0.15) is 33.6 Å². The number of nitrogens with zero attached hydrogens (tertiary/aromatic N) is 2. The molecule has 1 aliphatic heterocycles. The predicted molar refractivity (Wildman–Crippen MR) is 72.2 cm³/mol. The number of likely N-dealkylation sites (tertiary alicyclic amines) is 1. The molecule has 0 aromatic rings. The van der Waals surface area contributed by atoms with Crippen molar-refractivity contribution < 1.29 is 18.0 Å². The molecule has 0 saturated carbocycles. The fraction of sp³-hybridized carbons (Fsp3) is 0.857. The summed E-state index contributed by atoms with van der Waals surface area (Å²) in [5, 5.41) is 11.8. The number of hydrogen-bond donors (Lipinski definition) is 1. The highest BCUT2D eigenvalue weighted by Gasteiger charge is 2.42. The summed E-state index contributed by atoms with van der Waals surface area (Å²) in [6.45, 7) is 5.46. The van der Waals surface area contributed by atoms with Gasteiger partial charge in [0.2, 0.25) is 5.91 Å². The van der Waals surface area contributed by atoms with Gasteiger partial charge in [-0.2, -0.15) is 18.4 Å². The Morgan fingerprint density at radius 2 is 2.10 bits per heavy atom. The lowest BCUT2D eigenvalue weighted by atomic mass is 9.90. The molecule has 1 saturated heterocycles. The van der Waals surface area contributed by atoms with Crippen molar-refractivity contribution in [3.05, 3.63) is 0 Å². The lowest BCUT2D eigenvalue weighted by molar-refractivity contribution is -0.187. The minimum atomic E-state index is -4.21. The maximum atomic E-state index is 12.7. The van der Waals surface area contributed by atoms with Crippen LogP contribution in [0.25, 0.3) is 0 Å². The third kappa shape index (κ3) is 4.88. The van der Waals surface area contributed by atoms with Gasteiger partial charge in [0.05, 0.1) is 18.5 Å². The van der Waals surface area contributed by atoms with Gasteiger partial charge >= 0.3 is 6.18 Å². The lowest BCUT2D eigenvalue weighted by Gasteiger charge is -2.34. The van der Waals surface area contributed by atoms with E-state index < -0.39 is 23.5 Å². The number of carbonyl (C=O) groups excluding carboxylic acids is 1. The minimum absolute atomic E-state index is 0.0873. The quantitative estimate of drug-likeness (QED) is 0.867. The maximum Gasteiger partial charge on any atom is 0.393 e. The van der Waals surface area contributed by atoms with E-state index in [0.717, 1.165) is 0 Å². The number of halogens is 3. The van der Waals surface area contributed by atoms with Crippen molar-refractivity contribution in [3.8, 4) is 6.07 Å². The van der Waals surface area contributed by atoms with Crippen LogP contribution in [0.15, 0.2) is 0 Å². The van der Waals surface area contributed by atoms with E-state index in [0.29, 0.717) is 13.0 Å². The fourth-order valence-corrected chi connectivity index (χ4v) is 2.30. The first-order chi connectivity index (χ1) is 9.58. The molecule has 4 nitrogen and oxygen atoms in total. The zero-order valence-corrected chi connectivity index (χ0v) is 12.6. The summed E-state index contributed by atoms with van der Waals surface area (Å²) >= 11 is 0. The lowest BCUT2D eigenvalue weighted by Crippen LogP contribution is -2.53. The Hall–Kier alpha value is -1.29. The molecule has 0 aliphatic carbocycles. The minimum Gasteiger partial charge on any atom is -0.337 e. The SMILES string of the molecule is CC(C)[C@](C)(C#N)NC(=O)CN1CCC[C@H](C(F)(F)F)C1. The van der Waals surface area contributed by atoms with Gasteiger partial charge in [-0.15, -0.1) is 0 Å². The molecule has 1 rings (SSSR count). The van der Waals surface area contributed by atoms with Gasteiger partial charge in [0.1, 0.15) is 5.54 Å². The molecule has 1 fully saturated rings. The van der Waals surface area contributed by atoms with Gasteiger partial charge in [0, 0.05) is 6.54 Å². The number of alkyl halides is 3. The molecule has 120 valence electrons. The first-order valence-electron chi connectivity index (χ1n) is 7.10. The van der Waals surface area contributed by atoms with Gasteiger partial charge in [0.15, 0.2) is 0 Å². The Labute approximate surface area is 123 Å². The van der Waals surface area contributed by atoms with Crippen molar-refractivity contribution in [2.45, 2.75) is 45.3 Å². The highest BCUT2D eigenvalue weighted by atomic mass is 19.4. The van der Waals surface area contributed by atoms with Crippen LogP contribution in [-0.2, 0) is 4.79 Å². The maximum absolute atomic E-state index is 12.7. The van der Waals surface area contributed by atoms with Crippen LogP contribution < -0.4 is 5.32 Å². The zero-order valence-electron chi connectivity index (χ0n) is 12.6. The van der Waals surface area contributed by atoms with E-state index in [-0.39, 0.29) is 25.4 Å². The highest BCUT2D eigenvalue weighted by Crippen LogP contribution is 2.32. The molecule has 1 N–H and O–H groups in total. The number of nitrogens with one attached hydrogen (secondary N) is 1. The second kappa shape index (κ2) is 6.65. The Balaban J connectivity index is 2.57. The van der Waals surface area contributed by atoms with Crippen molar-refractivity contribution in [1.29, 1.82) is 5.26 Å². The summed E-state index contributed by atoms with van der Waals surface area (Å²) in [5.74, 6) is -1.86. The Morgan fingerprint density at radius 1 is 1.48 bits per heavy atom. The van der Waals surface area contributed by atoms with Crippen LogP contribution in [0, 0.1) is 23.2 Å². The molecule has 1 aliphatic rings.